The van der Waals surface area contributed by atoms with Gasteiger partial charge in [-0.1, -0.05) is 30.3 Å². The van der Waals surface area contributed by atoms with Crippen LogP contribution in [0.25, 0.3) is 0 Å². The maximum Gasteiger partial charge on any atom is 0.222 e. The van der Waals surface area contributed by atoms with E-state index in [1.54, 1.807) is 0 Å². The van der Waals surface area contributed by atoms with Crippen LogP contribution in [-0.4, -0.2) is 25.1 Å². The molecule has 0 aromatic heterocycles. The minimum absolute atomic E-state index is 0.0374. The fraction of sp³-hybridized carbons (Fsp3) is 0.533. The van der Waals surface area contributed by atoms with E-state index in [1.807, 2.05) is 30.3 Å². The van der Waals surface area contributed by atoms with E-state index in [9.17, 15) is 4.79 Å². The summed E-state index contributed by atoms with van der Waals surface area (Å²) >= 11 is 0. The van der Waals surface area contributed by atoms with Crippen molar-refractivity contribution in [1.82, 2.24) is 5.32 Å². The molecule has 1 aromatic carbocycles. The summed E-state index contributed by atoms with van der Waals surface area (Å²) in [5.74, 6) is 0.634. The number of ether oxygens (including phenoxy) is 1. The number of carbonyl (C=O) groups excluding carboxylic acids is 1. The van der Waals surface area contributed by atoms with Crippen LogP contribution in [0.2, 0.25) is 0 Å². The first-order valence-corrected chi connectivity index (χ1v) is 6.90. The average Bonchev–Trinajstić information content (AvgIpc) is 3.27. The number of benzene rings is 1. The molecule has 0 saturated heterocycles. The van der Waals surface area contributed by atoms with Gasteiger partial charge in [-0.2, -0.15) is 0 Å². The Bertz CT molecular complexity index is 390. The second-order valence-corrected chi connectivity index (χ2v) is 5.04. The first-order chi connectivity index (χ1) is 9.29. The van der Waals surface area contributed by atoms with Crippen LogP contribution < -0.4 is 11.1 Å². The van der Waals surface area contributed by atoms with Crippen molar-refractivity contribution in [3.63, 3.8) is 0 Å². The molecule has 104 valence electrons. The Labute approximate surface area is 114 Å². The summed E-state index contributed by atoms with van der Waals surface area (Å²) in [6.45, 7) is 1.53. The Morgan fingerprint density at radius 2 is 2.11 bits per heavy atom. The quantitative estimate of drug-likeness (QED) is 0.697. The summed E-state index contributed by atoms with van der Waals surface area (Å²) in [5, 5.41) is 2.98. The number of carbonyl (C=O) groups is 1. The third-order valence-corrected chi connectivity index (χ3v) is 3.38. The molecule has 0 heterocycles. The van der Waals surface area contributed by atoms with Crippen molar-refractivity contribution in [3.05, 3.63) is 35.9 Å². The van der Waals surface area contributed by atoms with Crippen molar-refractivity contribution in [1.29, 1.82) is 0 Å². The number of rotatable bonds is 8. The molecular formula is C15H22N2O2. The molecule has 4 heteroatoms. The lowest BCUT2D eigenvalue weighted by atomic mass is 10.2. The van der Waals surface area contributed by atoms with Gasteiger partial charge in [0.25, 0.3) is 0 Å². The van der Waals surface area contributed by atoms with Crippen LogP contribution >= 0.6 is 0 Å². The van der Waals surface area contributed by atoms with E-state index in [0.29, 0.717) is 32.1 Å². The average molecular weight is 262 g/mol. The van der Waals surface area contributed by atoms with Crippen molar-refractivity contribution >= 4 is 5.91 Å². The van der Waals surface area contributed by atoms with Crippen LogP contribution in [0.5, 0.6) is 0 Å². The van der Waals surface area contributed by atoms with Gasteiger partial charge < -0.3 is 15.8 Å². The molecule has 1 aromatic rings. The highest BCUT2D eigenvalue weighted by Crippen LogP contribution is 2.32. The molecule has 4 nitrogen and oxygen atoms in total. The van der Waals surface area contributed by atoms with Crippen molar-refractivity contribution < 1.29 is 9.53 Å². The zero-order chi connectivity index (χ0) is 13.5. The van der Waals surface area contributed by atoms with E-state index in [2.05, 4.69) is 5.32 Å². The van der Waals surface area contributed by atoms with E-state index in [4.69, 9.17) is 10.5 Å². The summed E-state index contributed by atoms with van der Waals surface area (Å²) in [5.41, 5.74) is 6.77. The Morgan fingerprint density at radius 3 is 2.74 bits per heavy atom. The van der Waals surface area contributed by atoms with E-state index in [0.717, 1.165) is 5.56 Å². The van der Waals surface area contributed by atoms with Crippen LogP contribution in [0.4, 0.5) is 0 Å². The fourth-order valence-corrected chi connectivity index (χ4v) is 2.08. The topological polar surface area (TPSA) is 64.3 Å². The smallest absolute Gasteiger partial charge is 0.222 e. The lowest BCUT2D eigenvalue weighted by Crippen LogP contribution is -2.42. The van der Waals surface area contributed by atoms with Crippen LogP contribution in [0.15, 0.2) is 30.3 Å². The number of nitrogens with two attached hydrogens (primary N) is 1. The third-order valence-electron chi connectivity index (χ3n) is 3.38. The molecule has 0 spiro atoms. The maximum absolute atomic E-state index is 11.7. The predicted molar refractivity (Wildman–Crippen MR) is 74.4 cm³/mol. The van der Waals surface area contributed by atoms with Crippen molar-refractivity contribution in [2.45, 2.75) is 31.9 Å². The first kappa shape index (κ1) is 14.0. The van der Waals surface area contributed by atoms with E-state index in [1.165, 1.54) is 12.8 Å². The predicted octanol–water partition coefficient (Wildman–Crippen LogP) is 1.45. The fourth-order valence-electron chi connectivity index (χ4n) is 2.08. The van der Waals surface area contributed by atoms with Crippen LogP contribution in [-0.2, 0) is 16.1 Å². The maximum atomic E-state index is 11.7. The van der Waals surface area contributed by atoms with Gasteiger partial charge in [0.05, 0.1) is 13.2 Å². The Balaban J connectivity index is 1.58. The lowest BCUT2D eigenvalue weighted by Gasteiger charge is -2.15. The molecular weight excluding hydrogens is 240 g/mol. The second-order valence-electron chi connectivity index (χ2n) is 5.04. The monoisotopic (exact) mass is 262 g/mol. The zero-order valence-electron chi connectivity index (χ0n) is 11.2. The van der Waals surface area contributed by atoms with Gasteiger partial charge in [-0.3, -0.25) is 4.79 Å². The van der Waals surface area contributed by atoms with Crippen molar-refractivity contribution in [2.75, 3.05) is 13.2 Å². The van der Waals surface area contributed by atoms with Crippen molar-refractivity contribution in [2.24, 2.45) is 11.7 Å². The molecule has 1 aliphatic carbocycles. The highest BCUT2D eigenvalue weighted by molar-refractivity contribution is 5.76. The molecule has 3 N–H and O–H groups in total. The number of amides is 1. The molecule has 1 aliphatic rings. The SMILES string of the molecule is NCC(NC(=O)CCOCc1ccccc1)C1CC1. The molecule has 0 bridgehead atoms. The third kappa shape index (κ3) is 5.01. The van der Waals surface area contributed by atoms with Gasteiger partial charge in [0.2, 0.25) is 5.91 Å². The number of hydrogen-bond donors (Lipinski definition) is 2. The van der Waals surface area contributed by atoms with Crippen molar-refractivity contribution in [3.8, 4) is 0 Å². The Morgan fingerprint density at radius 1 is 1.37 bits per heavy atom. The second kappa shape index (κ2) is 7.26. The first-order valence-electron chi connectivity index (χ1n) is 6.90. The molecule has 1 fully saturated rings. The zero-order valence-corrected chi connectivity index (χ0v) is 11.2. The highest BCUT2D eigenvalue weighted by Gasteiger charge is 2.30. The van der Waals surface area contributed by atoms with Crippen LogP contribution in [0.1, 0.15) is 24.8 Å². The molecule has 1 atom stereocenters. The highest BCUT2D eigenvalue weighted by atomic mass is 16.5. The van der Waals surface area contributed by atoms with E-state index >= 15 is 0 Å². The molecule has 1 saturated carbocycles. The van der Waals surface area contributed by atoms with Gasteiger partial charge >= 0.3 is 0 Å². The summed E-state index contributed by atoms with van der Waals surface area (Å²) in [7, 11) is 0. The van der Waals surface area contributed by atoms with Gasteiger partial charge in [0, 0.05) is 19.0 Å². The molecule has 0 radical (unpaired) electrons. The minimum atomic E-state index is 0.0374. The van der Waals surface area contributed by atoms with Gasteiger partial charge in [-0.15, -0.1) is 0 Å². The van der Waals surface area contributed by atoms with E-state index in [-0.39, 0.29) is 11.9 Å². The summed E-state index contributed by atoms with van der Waals surface area (Å²) in [6.07, 6.45) is 2.77. The Hall–Kier alpha value is -1.39. The summed E-state index contributed by atoms with van der Waals surface area (Å²) in [6, 6.07) is 10.1. The summed E-state index contributed by atoms with van der Waals surface area (Å²) < 4.78 is 5.49. The standard InChI is InChI=1S/C15H22N2O2/c16-10-14(13-6-7-13)17-15(18)8-9-19-11-12-4-2-1-3-5-12/h1-5,13-14H,6-11,16H2,(H,17,18). The van der Waals surface area contributed by atoms with E-state index < -0.39 is 0 Å². The van der Waals surface area contributed by atoms with Gasteiger partial charge in [0.1, 0.15) is 0 Å². The van der Waals surface area contributed by atoms with Gasteiger partial charge in [0.15, 0.2) is 0 Å². The molecule has 2 rings (SSSR count). The largest absolute Gasteiger partial charge is 0.376 e. The molecule has 1 amide bonds. The van der Waals surface area contributed by atoms with Gasteiger partial charge in [-0.25, -0.2) is 0 Å². The Kier molecular flexibility index (Phi) is 5.36. The van der Waals surface area contributed by atoms with Crippen LogP contribution in [0, 0.1) is 5.92 Å². The normalized spacial score (nSPS) is 16.1. The molecule has 19 heavy (non-hydrogen) atoms. The summed E-state index contributed by atoms with van der Waals surface area (Å²) in [4.78, 5) is 11.7. The van der Waals surface area contributed by atoms with Crippen LogP contribution in [0.3, 0.4) is 0 Å². The molecule has 0 aliphatic heterocycles. The van der Waals surface area contributed by atoms with Gasteiger partial charge in [-0.05, 0) is 24.3 Å². The number of hydrogen-bond acceptors (Lipinski definition) is 3. The lowest BCUT2D eigenvalue weighted by molar-refractivity contribution is -0.123. The minimum Gasteiger partial charge on any atom is -0.376 e. The number of nitrogens with one attached hydrogen (secondary N) is 1. The molecule has 1 unspecified atom stereocenters.